The molecule has 0 unspecified atom stereocenters. The topological polar surface area (TPSA) is 74.2 Å². The van der Waals surface area contributed by atoms with Crippen molar-refractivity contribution in [3.63, 3.8) is 0 Å². The molecule has 1 radical (unpaired) electrons. The van der Waals surface area contributed by atoms with E-state index in [0.29, 0.717) is 0 Å². The van der Waals surface area contributed by atoms with Crippen molar-refractivity contribution in [3.05, 3.63) is 5.73 Å². The molecule has 4 nitrogen and oxygen atoms in total. The van der Waals surface area contributed by atoms with Gasteiger partial charge in [-0.25, -0.2) is 0 Å². The van der Waals surface area contributed by atoms with Gasteiger partial charge in [0.05, 0.1) is 0 Å². The number of hydrogen-bond acceptors (Lipinski definition) is 2. The SMILES string of the molecule is CC(C)(C)N[C](=[W])/N=C(/[NH-])N.[Y]. The number of nitrogens with two attached hydrogens (primary N) is 1. The predicted molar refractivity (Wildman–Crippen MR) is 43.8 cm³/mol. The van der Waals surface area contributed by atoms with Crippen LogP contribution in [0.15, 0.2) is 4.99 Å². The van der Waals surface area contributed by atoms with Crippen LogP contribution in [-0.4, -0.2) is 15.6 Å². The van der Waals surface area contributed by atoms with Gasteiger partial charge in [0.15, 0.2) is 0 Å². The molecule has 0 aromatic carbocycles. The van der Waals surface area contributed by atoms with Gasteiger partial charge in [-0.15, -0.1) is 0 Å². The van der Waals surface area contributed by atoms with Crippen LogP contribution >= 0.6 is 0 Å². The second kappa shape index (κ2) is 6.36. The summed E-state index contributed by atoms with van der Waals surface area (Å²) in [6.45, 7) is 6.10. The van der Waals surface area contributed by atoms with Crippen LogP contribution in [-0.2, 0) is 52.1 Å². The first-order chi connectivity index (χ1) is 4.81. The molecule has 0 spiro atoms. The molecule has 0 aromatic heterocycles. The summed E-state index contributed by atoms with van der Waals surface area (Å²) >= 11 is 1.19. The normalized spacial score (nSPS) is 12.1. The standard InChI is InChI=1S/C6H13N4.W.Y/c1-6(2,3)10-4-9-5(7)8;;/h10H,1-3H3,(H3-,7,8,9);;/q-1;;. The van der Waals surface area contributed by atoms with Gasteiger partial charge in [0.25, 0.3) is 0 Å². The van der Waals surface area contributed by atoms with Crippen molar-refractivity contribution < 1.29 is 52.1 Å². The van der Waals surface area contributed by atoms with Crippen LogP contribution < -0.4 is 11.1 Å². The molecule has 0 heterocycles. The van der Waals surface area contributed by atoms with Crippen LogP contribution in [0.1, 0.15) is 20.8 Å². The molecule has 0 rings (SSSR count). The molecular weight excluding hydrogens is 401 g/mol. The monoisotopic (exact) mass is 414 g/mol. The molecule has 12 heavy (non-hydrogen) atoms. The van der Waals surface area contributed by atoms with Gasteiger partial charge in [-0.1, -0.05) is 0 Å². The third-order valence-electron chi connectivity index (χ3n) is 0.704. The van der Waals surface area contributed by atoms with Gasteiger partial charge in [0.1, 0.15) is 0 Å². The summed E-state index contributed by atoms with van der Waals surface area (Å²) in [6.07, 6.45) is 0. The van der Waals surface area contributed by atoms with Gasteiger partial charge in [0, 0.05) is 32.7 Å². The number of rotatable bonds is 2. The van der Waals surface area contributed by atoms with E-state index in [1.165, 1.54) is 19.4 Å². The van der Waals surface area contributed by atoms with Crippen LogP contribution in [0.4, 0.5) is 0 Å². The van der Waals surface area contributed by atoms with Crippen molar-refractivity contribution in [1.29, 1.82) is 0 Å². The van der Waals surface area contributed by atoms with Crippen LogP contribution in [0.25, 0.3) is 5.73 Å². The number of aliphatic imine (C=N–C) groups is 1. The van der Waals surface area contributed by atoms with E-state index in [1.54, 1.807) is 0 Å². The Labute approximate surface area is 109 Å². The van der Waals surface area contributed by atoms with Gasteiger partial charge in [-0.05, 0) is 0 Å². The summed E-state index contributed by atoms with van der Waals surface area (Å²) in [5, 5.41) is 3.12. The molecule has 6 heteroatoms. The third kappa shape index (κ3) is 10.9. The van der Waals surface area contributed by atoms with Gasteiger partial charge >= 0.3 is 77.5 Å². The van der Waals surface area contributed by atoms with E-state index < -0.39 is 0 Å². The van der Waals surface area contributed by atoms with Gasteiger partial charge in [-0.2, -0.15) is 0 Å². The predicted octanol–water partition coefficient (Wildman–Crippen LogP) is 0.373. The Balaban J connectivity index is 0. The summed E-state index contributed by atoms with van der Waals surface area (Å²) in [5.41, 5.74) is 12.0. The smallest absolute Gasteiger partial charge is 0 e. The molecule has 67 valence electrons. The maximum absolute atomic E-state index is 6.90. The van der Waals surface area contributed by atoms with E-state index in [1.807, 2.05) is 20.8 Å². The molecule has 0 atom stereocenters. The fourth-order valence-corrected chi connectivity index (χ4v) is 1.91. The minimum absolute atomic E-state index is 0. The summed E-state index contributed by atoms with van der Waals surface area (Å²) < 4.78 is 0.755. The second-order valence-electron chi connectivity index (χ2n) is 3.18. The zero-order valence-corrected chi connectivity index (χ0v) is 13.3. The van der Waals surface area contributed by atoms with Gasteiger partial charge in [0.2, 0.25) is 0 Å². The largest absolute Gasteiger partial charge is 0 e. The Morgan fingerprint density at radius 2 is 1.92 bits per heavy atom. The average Bonchev–Trinajstić information content (AvgIpc) is 1.53. The Hall–Kier alpha value is 0.892. The molecule has 0 aliphatic rings. The number of guanidine groups is 1. The molecular formula is C6H13N4WY-. The molecule has 0 bridgehead atoms. The minimum atomic E-state index is -0.147. The second-order valence-corrected chi connectivity index (χ2v) is 4.57. The summed E-state index contributed by atoms with van der Waals surface area (Å²) in [6, 6.07) is 0. The first-order valence-electron chi connectivity index (χ1n) is 3.19. The first kappa shape index (κ1) is 15.4. The molecule has 0 amide bonds. The number of hydrogen-bond donors (Lipinski definition) is 2. The van der Waals surface area contributed by atoms with Crippen molar-refractivity contribution in [3.8, 4) is 0 Å². The molecule has 0 saturated heterocycles. The van der Waals surface area contributed by atoms with Gasteiger partial charge in [-0.3, -0.25) is 0 Å². The Morgan fingerprint density at radius 1 is 1.50 bits per heavy atom. The number of nitrogens with one attached hydrogen (secondary N) is 2. The van der Waals surface area contributed by atoms with E-state index in [-0.39, 0.29) is 44.2 Å². The zero-order valence-electron chi connectivity index (χ0n) is 7.51. The van der Waals surface area contributed by atoms with Crippen molar-refractivity contribution in [2.24, 2.45) is 10.7 Å². The quantitative estimate of drug-likeness (QED) is 0.507. The average molecular weight is 414 g/mol. The van der Waals surface area contributed by atoms with E-state index in [2.05, 4.69) is 10.3 Å². The van der Waals surface area contributed by atoms with Crippen molar-refractivity contribution in [2.75, 3.05) is 0 Å². The van der Waals surface area contributed by atoms with Crippen LogP contribution in [0.2, 0.25) is 0 Å². The molecule has 0 aromatic rings. The molecule has 0 aliphatic heterocycles. The van der Waals surface area contributed by atoms with Crippen molar-refractivity contribution in [2.45, 2.75) is 26.3 Å². The van der Waals surface area contributed by atoms with E-state index in [4.69, 9.17) is 11.5 Å². The maximum atomic E-state index is 6.90. The fraction of sp³-hybridized carbons (Fsp3) is 0.667. The van der Waals surface area contributed by atoms with E-state index >= 15 is 0 Å². The molecule has 0 saturated carbocycles. The Kier molecular flexibility index (Phi) is 8.15. The van der Waals surface area contributed by atoms with Crippen LogP contribution in [0, 0.1) is 0 Å². The molecule has 4 N–H and O–H groups in total. The summed E-state index contributed by atoms with van der Waals surface area (Å²) in [7, 11) is 0. The number of nitrogens with zero attached hydrogens (tertiary/aromatic N) is 1. The summed E-state index contributed by atoms with van der Waals surface area (Å²) in [4.78, 5) is 3.77. The van der Waals surface area contributed by atoms with Crippen molar-refractivity contribution in [1.82, 2.24) is 5.32 Å². The fourth-order valence-electron chi connectivity index (χ4n) is 0.458. The first-order valence-corrected chi connectivity index (χ1v) is 4.66. The zero-order chi connectivity index (χ0) is 9.07. The van der Waals surface area contributed by atoms with Crippen LogP contribution in [0.5, 0.6) is 0 Å². The molecule has 0 aliphatic carbocycles. The third-order valence-corrected chi connectivity index (χ3v) is 1.40. The Bertz CT molecular complexity index is 180. The van der Waals surface area contributed by atoms with E-state index in [9.17, 15) is 0 Å². The minimum Gasteiger partial charge on any atom is 0 e. The van der Waals surface area contributed by atoms with E-state index in [0.717, 1.165) is 4.15 Å². The summed E-state index contributed by atoms with van der Waals surface area (Å²) in [5.74, 6) is -0.147. The van der Waals surface area contributed by atoms with Crippen LogP contribution in [0.3, 0.4) is 0 Å². The Morgan fingerprint density at radius 3 is 2.17 bits per heavy atom. The molecule has 0 fully saturated rings. The maximum Gasteiger partial charge on any atom is 0 e. The van der Waals surface area contributed by atoms with Crippen molar-refractivity contribution >= 4 is 10.1 Å². The van der Waals surface area contributed by atoms with Gasteiger partial charge < -0.3 is 0 Å².